The summed E-state index contributed by atoms with van der Waals surface area (Å²) in [5.74, 6) is 0. The lowest BCUT2D eigenvalue weighted by Gasteiger charge is -2.46. The first-order valence-corrected chi connectivity index (χ1v) is 7.50. The fourth-order valence-electron chi connectivity index (χ4n) is 3.05. The summed E-state index contributed by atoms with van der Waals surface area (Å²) in [6.45, 7) is 3.56. The third kappa shape index (κ3) is 2.97. The molecule has 18 heavy (non-hydrogen) atoms. The van der Waals surface area contributed by atoms with Crippen LogP contribution in [-0.2, 0) is 0 Å². The van der Waals surface area contributed by atoms with E-state index in [9.17, 15) is 4.79 Å². The molecule has 0 radical (unpaired) electrons. The van der Waals surface area contributed by atoms with Crippen LogP contribution in [0.25, 0.3) is 0 Å². The van der Waals surface area contributed by atoms with Gasteiger partial charge in [0.25, 0.3) is 0 Å². The van der Waals surface area contributed by atoms with Gasteiger partial charge in [0, 0.05) is 19.1 Å². The minimum Gasteiger partial charge on any atom is -0.335 e. The van der Waals surface area contributed by atoms with E-state index in [1.54, 1.807) is 0 Å². The Labute approximate surface area is 110 Å². The fraction of sp³-hybridized carbons (Fsp3) is 0.929. The standard InChI is InChI=1S/C14H27N3O/c1-2-10-17(13(18)16-12-6-7-12)14(11-15)8-4-3-5-9-14/h12H,2-11,15H2,1H3,(H,16,18). The van der Waals surface area contributed by atoms with Gasteiger partial charge in [-0.2, -0.15) is 0 Å². The number of urea groups is 1. The number of nitrogens with two attached hydrogens (primary N) is 1. The zero-order chi connectivity index (χ0) is 13.0. The summed E-state index contributed by atoms with van der Waals surface area (Å²) in [4.78, 5) is 14.5. The van der Waals surface area contributed by atoms with Crippen molar-refractivity contribution in [1.29, 1.82) is 0 Å². The van der Waals surface area contributed by atoms with E-state index in [1.807, 2.05) is 4.90 Å². The number of rotatable bonds is 5. The summed E-state index contributed by atoms with van der Waals surface area (Å²) in [7, 11) is 0. The van der Waals surface area contributed by atoms with Crippen molar-refractivity contribution in [1.82, 2.24) is 10.2 Å². The van der Waals surface area contributed by atoms with Crippen LogP contribution < -0.4 is 11.1 Å². The SMILES string of the molecule is CCCN(C(=O)NC1CC1)C1(CN)CCCCC1. The Morgan fingerprint density at radius 1 is 1.33 bits per heavy atom. The summed E-state index contributed by atoms with van der Waals surface area (Å²) >= 11 is 0. The molecule has 4 nitrogen and oxygen atoms in total. The van der Waals surface area contributed by atoms with Crippen LogP contribution in [0, 0.1) is 0 Å². The highest BCUT2D eigenvalue weighted by Crippen LogP contribution is 2.33. The molecule has 0 heterocycles. The normalized spacial score (nSPS) is 22.6. The Kier molecular flexibility index (Phi) is 4.49. The number of nitrogens with zero attached hydrogens (tertiary/aromatic N) is 1. The Morgan fingerprint density at radius 3 is 2.50 bits per heavy atom. The van der Waals surface area contributed by atoms with E-state index in [0.717, 1.165) is 38.6 Å². The zero-order valence-corrected chi connectivity index (χ0v) is 11.6. The Hall–Kier alpha value is -0.770. The first kappa shape index (κ1) is 13.7. The molecule has 2 aliphatic carbocycles. The molecular formula is C14H27N3O. The smallest absolute Gasteiger partial charge is 0.318 e. The average molecular weight is 253 g/mol. The molecule has 0 aromatic heterocycles. The average Bonchev–Trinajstić information content (AvgIpc) is 3.20. The highest BCUT2D eigenvalue weighted by molar-refractivity contribution is 5.76. The predicted octanol–water partition coefficient (Wildman–Crippen LogP) is 2.23. The van der Waals surface area contributed by atoms with Crippen molar-refractivity contribution in [3.63, 3.8) is 0 Å². The molecule has 2 amide bonds. The molecule has 0 aromatic rings. The van der Waals surface area contributed by atoms with Crippen LogP contribution >= 0.6 is 0 Å². The zero-order valence-electron chi connectivity index (χ0n) is 11.6. The van der Waals surface area contributed by atoms with Crippen LogP contribution in [0.1, 0.15) is 58.3 Å². The Bertz CT molecular complexity index is 283. The molecule has 2 saturated carbocycles. The van der Waals surface area contributed by atoms with Crippen molar-refractivity contribution in [2.45, 2.75) is 69.9 Å². The number of nitrogens with one attached hydrogen (secondary N) is 1. The van der Waals surface area contributed by atoms with Crippen LogP contribution in [0.15, 0.2) is 0 Å². The largest absolute Gasteiger partial charge is 0.335 e. The molecule has 0 aliphatic heterocycles. The van der Waals surface area contributed by atoms with Crippen molar-refractivity contribution in [3.05, 3.63) is 0 Å². The van der Waals surface area contributed by atoms with Gasteiger partial charge in [-0.05, 0) is 32.1 Å². The lowest BCUT2D eigenvalue weighted by molar-refractivity contribution is 0.0832. The molecule has 0 saturated heterocycles. The van der Waals surface area contributed by atoms with Gasteiger partial charge in [0.15, 0.2) is 0 Å². The maximum Gasteiger partial charge on any atom is 0.318 e. The molecular weight excluding hydrogens is 226 g/mol. The van der Waals surface area contributed by atoms with E-state index in [1.165, 1.54) is 19.3 Å². The molecule has 0 aromatic carbocycles. The van der Waals surface area contributed by atoms with Crippen LogP contribution in [-0.4, -0.2) is 35.6 Å². The summed E-state index contributed by atoms with van der Waals surface area (Å²) in [5, 5.41) is 3.13. The van der Waals surface area contributed by atoms with Gasteiger partial charge in [0.2, 0.25) is 0 Å². The molecule has 0 atom stereocenters. The number of carbonyl (C=O) groups excluding carboxylic acids is 1. The molecule has 4 heteroatoms. The summed E-state index contributed by atoms with van der Waals surface area (Å²) in [6, 6.07) is 0.543. The molecule has 0 spiro atoms. The van der Waals surface area contributed by atoms with Crippen molar-refractivity contribution in [3.8, 4) is 0 Å². The van der Waals surface area contributed by atoms with Gasteiger partial charge < -0.3 is 16.0 Å². The second-order valence-corrected chi connectivity index (χ2v) is 5.86. The number of hydrogen-bond acceptors (Lipinski definition) is 2. The Balaban J connectivity index is 2.06. The molecule has 0 unspecified atom stereocenters. The van der Waals surface area contributed by atoms with Crippen molar-refractivity contribution < 1.29 is 4.79 Å². The van der Waals surface area contributed by atoms with Crippen LogP contribution in [0.3, 0.4) is 0 Å². The van der Waals surface area contributed by atoms with Crippen molar-refractivity contribution in [2.24, 2.45) is 5.73 Å². The molecule has 3 N–H and O–H groups in total. The van der Waals surface area contributed by atoms with Gasteiger partial charge in [-0.1, -0.05) is 26.2 Å². The molecule has 0 bridgehead atoms. The fourth-order valence-corrected chi connectivity index (χ4v) is 3.05. The van der Waals surface area contributed by atoms with Gasteiger partial charge in [-0.15, -0.1) is 0 Å². The van der Waals surface area contributed by atoms with Crippen LogP contribution in [0.4, 0.5) is 4.79 Å². The van der Waals surface area contributed by atoms with E-state index < -0.39 is 0 Å². The minimum atomic E-state index is -0.0762. The number of carbonyl (C=O) groups is 1. The van der Waals surface area contributed by atoms with E-state index >= 15 is 0 Å². The van der Waals surface area contributed by atoms with Gasteiger partial charge in [-0.25, -0.2) is 4.79 Å². The minimum absolute atomic E-state index is 0.0762. The predicted molar refractivity (Wildman–Crippen MR) is 73.4 cm³/mol. The van der Waals surface area contributed by atoms with Crippen LogP contribution in [0.2, 0.25) is 0 Å². The van der Waals surface area contributed by atoms with Crippen LogP contribution in [0.5, 0.6) is 0 Å². The summed E-state index contributed by atoms with van der Waals surface area (Å²) in [6.07, 6.45) is 9.11. The van der Waals surface area contributed by atoms with E-state index in [4.69, 9.17) is 5.73 Å². The second-order valence-electron chi connectivity index (χ2n) is 5.86. The molecule has 2 fully saturated rings. The quantitative estimate of drug-likeness (QED) is 0.789. The van der Waals surface area contributed by atoms with Gasteiger partial charge in [0.1, 0.15) is 0 Å². The number of amides is 2. The highest BCUT2D eigenvalue weighted by atomic mass is 16.2. The molecule has 104 valence electrons. The topological polar surface area (TPSA) is 58.4 Å². The highest BCUT2D eigenvalue weighted by Gasteiger charge is 2.40. The lowest BCUT2D eigenvalue weighted by Crippen LogP contribution is -2.60. The van der Waals surface area contributed by atoms with Crippen molar-refractivity contribution in [2.75, 3.05) is 13.1 Å². The summed E-state index contributed by atoms with van der Waals surface area (Å²) < 4.78 is 0. The van der Waals surface area contributed by atoms with E-state index in [0.29, 0.717) is 12.6 Å². The maximum atomic E-state index is 12.4. The monoisotopic (exact) mass is 253 g/mol. The molecule has 2 aliphatic rings. The van der Waals surface area contributed by atoms with Gasteiger partial charge in [-0.3, -0.25) is 0 Å². The van der Waals surface area contributed by atoms with E-state index in [2.05, 4.69) is 12.2 Å². The van der Waals surface area contributed by atoms with Gasteiger partial charge in [0.05, 0.1) is 5.54 Å². The van der Waals surface area contributed by atoms with Gasteiger partial charge >= 0.3 is 6.03 Å². The maximum absolute atomic E-state index is 12.4. The second kappa shape index (κ2) is 5.91. The van der Waals surface area contributed by atoms with Crippen molar-refractivity contribution >= 4 is 6.03 Å². The summed E-state index contributed by atoms with van der Waals surface area (Å²) in [5.41, 5.74) is 5.96. The molecule has 2 rings (SSSR count). The third-order valence-electron chi connectivity index (χ3n) is 4.33. The third-order valence-corrected chi connectivity index (χ3v) is 4.33. The first-order valence-electron chi connectivity index (χ1n) is 7.50. The number of hydrogen-bond donors (Lipinski definition) is 2. The first-order chi connectivity index (χ1) is 8.72. The van der Waals surface area contributed by atoms with E-state index in [-0.39, 0.29) is 11.6 Å². The lowest BCUT2D eigenvalue weighted by atomic mass is 9.80. The Morgan fingerprint density at radius 2 is 2.00 bits per heavy atom.